The fourth-order valence-electron chi connectivity index (χ4n) is 1.26. The standard InChI is InChI=1S/C11H9BrF3N3S2/c12-7-2-1-3-8(6-7)16-9-17-18-10(20-9)19-5-4-11(13,14)15/h1-3,6H,4-5H2,(H,16,17). The number of rotatable bonds is 5. The van der Waals surface area contributed by atoms with Crippen molar-refractivity contribution in [1.29, 1.82) is 0 Å². The van der Waals surface area contributed by atoms with Gasteiger partial charge in [0, 0.05) is 15.9 Å². The van der Waals surface area contributed by atoms with Gasteiger partial charge in [-0.25, -0.2) is 0 Å². The number of hydrogen-bond acceptors (Lipinski definition) is 5. The van der Waals surface area contributed by atoms with Crippen molar-refractivity contribution in [3.63, 3.8) is 0 Å². The molecule has 1 N–H and O–H groups in total. The number of hydrogen-bond donors (Lipinski definition) is 1. The minimum atomic E-state index is -4.13. The third-order valence-corrected chi connectivity index (χ3v) is 4.56. The molecule has 2 aromatic rings. The lowest BCUT2D eigenvalue weighted by Crippen LogP contribution is -2.07. The Bertz CT molecular complexity index is 574. The molecule has 0 aliphatic rings. The fourth-order valence-corrected chi connectivity index (χ4v) is 3.49. The van der Waals surface area contributed by atoms with Gasteiger partial charge >= 0.3 is 6.18 Å². The molecule has 1 aromatic heterocycles. The highest BCUT2D eigenvalue weighted by molar-refractivity contribution is 9.10. The second-order valence-corrected chi connectivity index (χ2v) is 6.96. The molecule has 3 nitrogen and oxygen atoms in total. The summed E-state index contributed by atoms with van der Waals surface area (Å²) in [5.74, 6) is -0.0466. The van der Waals surface area contributed by atoms with E-state index in [1.54, 1.807) is 0 Å². The summed E-state index contributed by atoms with van der Waals surface area (Å²) >= 11 is 5.64. The molecule has 1 aromatic carbocycles. The maximum atomic E-state index is 12.0. The molecule has 0 saturated heterocycles. The topological polar surface area (TPSA) is 37.8 Å². The summed E-state index contributed by atoms with van der Waals surface area (Å²) in [4.78, 5) is 0. The minimum Gasteiger partial charge on any atom is -0.330 e. The van der Waals surface area contributed by atoms with E-state index < -0.39 is 12.6 Å². The molecule has 0 spiro atoms. The van der Waals surface area contributed by atoms with Crippen LogP contribution >= 0.6 is 39.0 Å². The average Bonchev–Trinajstić information content (AvgIpc) is 2.75. The second-order valence-electron chi connectivity index (χ2n) is 3.72. The van der Waals surface area contributed by atoms with Crippen molar-refractivity contribution in [2.24, 2.45) is 0 Å². The Morgan fingerprint density at radius 2 is 2.10 bits per heavy atom. The van der Waals surface area contributed by atoms with E-state index in [0.29, 0.717) is 9.47 Å². The zero-order chi connectivity index (χ0) is 14.6. The summed E-state index contributed by atoms with van der Waals surface area (Å²) in [5, 5.41) is 11.3. The maximum Gasteiger partial charge on any atom is 0.389 e. The van der Waals surface area contributed by atoms with Gasteiger partial charge in [-0.15, -0.1) is 10.2 Å². The predicted octanol–water partition coefficient (Wildman–Crippen LogP) is 5.09. The van der Waals surface area contributed by atoms with Crippen molar-refractivity contribution >= 4 is 49.8 Å². The second kappa shape index (κ2) is 6.77. The fraction of sp³-hybridized carbons (Fsp3) is 0.273. The Morgan fingerprint density at radius 3 is 2.80 bits per heavy atom. The van der Waals surface area contributed by atoms with Crippen molar-refractivity contribution in [2.75, 3.05) is 11.1 Å². The SMILES string of the molecule is FC(F)(F)CCSc1nnc(Nc2cccc(Br)c2)s1. The van der Waals surface area contributed by atoms with Gasteiger partial charge in [0.2, 0.25) is 5.13 Å². The summed E-state index contributed by atoms with van der Waals surface area (Å²) in [5.41, 5.74) is 0.836. The molecule has 0 aliphatic carbocycles. The molecule has 2 rings (SSSR count). The highest BCUT2D eigenvalue weighted by Crippen LogP contribution is 2.31. The summed E-state index contributed by atoms with van der Waals surface area (Å²) < 4.78 is 37.5. The van der Waals surface area contributed by atoms with Gasteiger partial charge in [-0.1, -0.05) is 45.1 Å². The molecule has 0 saturated carbocycles. The van der Waals surface area contributed by atoms with E-state index in [-0.39, 0.29) is 5.75 Å². The lowest BCUT2D eigenvalue weighted by atomic mass is 10.3. The molecule has 108 valence electrons. The van der Waals surface area contributed by atoms with Crippen LogP contribution in [0.3, 0.4) is 0 Å². The van der Waals surface area contributed by atoms with E-state index in [1.807, 2.05) is 24.3 Å². The molecule has 0 radical (unpaired) electrons. The quantitative estimate of drug-likeness (QED) is 0.729. The van der Waals surface area contributed by atoms with Crippen LogP contribution in [-0.4, -0.2) is 22.1 Å². The van der Waals surface area contributed by atoms with Crippen molar-refractivity contribution < 1.29 is 13.2 Å². The van der Waals surface area contributed by atoms with Crippen molar-refractivity contribution in [3.05, 3.63) is 28.7 Å². The number of nitrogens with one attached hydrogen (secondary N) is 1. The van der Waals surface area contributed by atoms with E-state index >= 15 is 0 Å². The Kier molecular flexibility index (Phi) is 5.28. The molecule has 20 heavy (non-hydrogen) atoms. The lowest BCUT2D eigenvalue weighted by Gasteiger charge is -2.03. The largest absolute Gasteiger partial charge is 0.389 e. The molecule has 0 fully saturated rings. The molecule has 1 heterocycles. The minimum absolute atomic E-state index is 0.0466. The summed E-state index contributed by atoms with van der Waals surface area (Å²) in [6.45, 7) is 0. The normalized spacial score (nSPS) is 11.6. The first-order valence-electron chi connectivity index (χ1n) is 5.48. The zero-order valence-electron chi connectivity index (χ0n) is 9.95. The highest BCUT2D eigenvalue weighted by atomic mass is 79.9. The van der Waals surface area contributed by atoms with Crippen LogP contribution in [0, 0.1) is 0 Å². The van der Waals surface area contributed by atoms with E-state index in [1.165, 1.54) is 11.3 Å². The average molecular weight is 384 g/mol. The Labute approximate surface area is 130 Å². The van der Waals surface area contributed by atoms with Gasteiger partial charge in [0.05, 0.1) is 6.42 Å². The molecule has 0 amide bonds. The molecular weight excluding hydrogens is 375 g/mol. The predicted molar refractivity (Wildman–Crippen MR) is 78.7 cm³/mol. The van der Waals surface area contributed by atoms with Crippen LogP contribution in [0.5, 0.6) is 0 Å². The Balaban J connectivity index is 1.89. The first kappa shape index (κ1) is 15.6. The van der Waals surface area contributed by atoms with Crippen LogP contribution in [0.2, 0.25) is 0 Å². The summed E-state index contributed by atoms with van der Waals surface area (Å²) in [6, 6.07) is 7.50. The van der Waals surface area contributed by atoms with Crippen LogP contribution in [0.25, 0.3) is 0 Å². The van der Waals surface area contributed by atoms with Gasteiger partial charge in [0.15, 0.2) is 4.34 Å². The molecule has 0 atom stereocenters. The van der Waals surface area contributed by atoms with Crippen molar-refractivity contribution in [1.82, 2.24) is 10.2 Å². The Hall–Kier alpha value is -0.800. The van der Waals surface area contributed by atoms with Gasteiger partial charge < -0.3 is 5.32 Å². The molecular formula is C11H9BrF3N3S2. The van der Waals surface area contributed by atoms with E-state index in [9.17, 15) is 13.2 Å². The number of halogens is 4. The van der Waals surface area contributed by atoms with Crippen LogP contribution in [0.4, 0.5) is 24.0 Å². The van der Waals surface area contributed by atoms with Crippen LogP contribution in [0.15, 0.2) is 33.1 Å². The third kappa shape index (κ3) is 5.29. The molecule has 0 bridgehead atoms. The van der Waals surface area contributed by atoms with Gasteiger partial charge in [-0.05, 0) is 18.2 Å². The molecule has 9 heteroatoms. The van der Waals surface area contributed by atoms with Gasteiger partial charge in [-0.2, -0.15) is 13.2 Å². The lowest BCUT2D eigenvalue weighted by molar-refractivity contribution is -0.129. The van der Waals surface area contributed by atoms with Gasteiger partial charge in [0.1, 0.15) is 0 Å². The number of alkyl halides is 3. The third-order valence-electron chi connectivity index (χ3n) is 2.09. The van der Waals surface area contributed by atoms with Crippen LogP contribution < -0.4 is 5.32 Å². The van der Waals surface area contributed by atoms with E-state index in [4.69, 9.17) is 0 Å². The first-order valence-corrected chi connectivity index (χ1v) is 8.07. The van der Waals surface area contributed by atoms with Gasteiger partial charge in [0.25, 0.3) is 0 Å². The highest BCUT2D eigenvalue weighted by Gasteiger charge is 2.26. The van der Waals surface area contributed by atoms with E-state index in [0.717, 1.165) is 21.9 Å². The number of benzene rings is 1. The zero-order valence-corrected chi connectivity index (χ0v) is 13.2. The summed E-state index contributed by atoms with van der Waals surface area (Å²) in [7, 11) is 0. The van der Waals surface area contributed by atoms with Crippen LogP contribution in [-0.2, 0) is 0 Å². The first-order chi connectivity index (χ1) is 9.42. The number of thioether (sulfide) groups is 1. The number of aromatic nitrogens is 2. The van der Waals surface area contributed by atoms with Crippen molar-refractivity contribution in [2.45, 2.75) is 16.9 Å². The monoisotopic (exact) mass is 383 g/mol. The molecule has 0 unspecified atom stereocenters. The Morgan fingerprint density at radius 1 is 1.30 bits per heavy atom. The number of anilines is 2. The van der Waals surface area contributed by atoms with Crippen molar-refractivity contribution in [3.8, 4) is 0 Å². The van der Waals surface area contributed by atoms with Gasteiger partial charge in [-0.3, -0.25) is 0 Å². The molecule has 0 aliphatic heterocycles. The number of nitrogens with zero attached hydrogens (tertiary/aromatic N) is 2. The summed E-state index contributed by atoms with van der Waals surface area (Å²) in [6.07, 6.45) is -4.96. The maximum absolute atomic E-state index is 12.0. The van der Waals surface area contributed by atoms with Crippen LogP contribution in [0.1, 0.15) is 6.42 Å². The smallest absolute Gasteiger partial charge is 0.330 e. The van der Waals surface area contributed by atoms with E-state index in [2.05, 4.69) is 31.4 Å².